The molecular weight excluding hydrogens is 497 g/mol. The van der Waals surface area contributed by atoms with Crippen LogP contribution in [-0.4, -0.2) is 17.2 Å². The van der Waals surface area contributed by atoms with E-state index in [1.807, 2.05) is 66.2 Å². The molecule has 0 bridgehead atoms. The number of carbonyl (C=O) groups is 2. The maximum absolute atomic E-state index is 14.6. The first-order valence-electron chi connectivity index (χ1n) is 11.5. The molecule has 5 rings (SSSR count). The fraction of sp³-hybridized carbons (Fsp3) is 0.214. The van der Waals surface area contributed by atoms with Crippen LogP contribution in [0.15, 0.2) is 65.4 Å². The number of halogens is 1. The Hall–Kier alpha value is -3.49. The normalized spacial score (nSPS) is 14.8. The fourth-order valence-corrected chi connectivity index (χ4v) is 6.26. The Kier molecular flexibility index (Phi) is 6.40. The number of benzene rings is 2. The first-order valence-corrected chi connectivity index (χ1v) is 13.3. The third-order valence-corrected chi connectivity index (χ3v) is 8.45. The monoisotopic (exact) mass is 521 g/mol. The molecule has 0 radical (unpaired) electrons. The minimum Gasteiger partial charge on any atom is -0.481 e. The number of thiophene rings is 2. The van der Waals surface area contributed by atoms with Gasteiger partial charge in [0.05, 0.1) is 16.0 Å². The van der Waals surface area contributed by atoms with Crippen molar-refractivity contribution in [1.29, 1.82) is 0 Å². The maximum Gasteiger partial charge on any atom is 0.412 e. The van der Waals surface area contributed by atoms with Crippen molar-refractivity contribution in [3.63, 3.8) is 0 Å². The molecule has 0 saturated heterocycles. The largest absolute Gasteiger partial charge is 0.481 e. The quantitative estimate of drug-likeness (QED) is 0.258. The SMILES string of the molecule is Cc1cscc1C(C)OC(=O)Nc1cc(F)sc1-c1cc(C2(C(=O)O)CC2)ccc1-c1ccccc1. The summed E-state index contributed by atoms with van der Waals surface area (Å²) in [6.07, 6.45) is -0.0315. The molecule has 1 aliphatic rings. The second-order valence-electron chi connectivity index (χ2n) is 8.99. The Balaban J connectivity index is 1.52. The van der Waals surface area contributed by atoms with E-state index in [2.05, 4.69) is 5.32 Å². The van der Waals surface area contributed by atoms with Gasteiger partial charge in [-0.1, -0.05) is 42.5 Å². The van der Waals surface area contributed by atoms with Gasteiger partial charge in [-0.05, 0) is 65.8 Å². The summed E-state index contributed by atoms with van der Waals surface area (Å²) in [5.74, 6) is -0.863. The Morgan fingerprint density at radius 3 is 2.47 bits per heavy atom. The van der Waals surface area contributed by atoms with Crippen molar-refractivity contribution in [3.8, 4) is 21.6 Å². The van der Waals surface area contributed by atoms with E-state index >= 15 is 0 Å². The lowest BCUT2D eigenvalue weighted by Crippen LogP contribution is -2.19. The van der Waals surface area contributed by atoms with Gasteiger partial charge in [0.15, 0.2) is 5.13 Å². The van der Waals surface area contributed by atoms with Crippen LogP contribution in [0.5, 0.6) is 0 Å². The Bertz CT molecular complexity index is 1440. The highest BCUT2D eigenvalue weighted by Crippen LogP contribution is 2.51. The van der Waals surface area contributed by atoms with Crippen molar-refractivity contribution in [2.45, 2.75) is 38.2 Å². The third-order valence-electron chi connectivity index (χ3n) is 6.62. The zero-order chi connectivity index (χ0) is 25.4. The van der Waals surface area contributed by atoms with Crippen molar-refractivity contribution in [3.05, 3.63) is 87.2 Å². The second-order valence-corrected chi connectivity index (χ2v) is 10.7. The lowest BCUT2D eigenvalue weighted by Gasteiger charge is -2.17. The van der Waals surface area contributed by atoms with Crippen LogP contribution in [0.2, 0.25) is 0 Å². The summed E-state index contributed by atoms with van der Waals surface area (Å²) in [6.45, 7) is 3.75. The second kappa shape index (κ2) is 9.52. The molecule has 0 aliphatic heterocycles. The number of amides is 1. The number of aliphatic carboxylic acids is 1. The highest BCUT2D eigenvalue weighted by Gasteiger charge is 2.52. The fourth-order valence-electron chi connectivity index (χ4n) is 4.45. The van der Waals surface area contributed by atoms with Crippen LogP contribution < -0.4 is 5.32 Å². The van der Waals surface area contributed by atoms with E-state index in [9.17, 15) is 19.1 Å². The molecule has 184 valence electrons. The smallest absolute Gasteiger partial charge is 0.412 e. The molecular formula is C28H24FNO4S2. The number of rotatable bonds is 7. The molecule has 1 aliphatic carbocycles. The number of hydrogen-bond donors (Lipinski definition) is 2. The summed E-state index contributed by atoms with van der Waals surface area (Å²) >= 11 is 2.44. The molecule has 1 saturated carbocycles. The molecule has 36 heavy (non-hydrogen) atoms. The number of aryl methyl sites for hydroxylation is 1. The molecule has 2 aromatic heterocycles. The van der Waals surface area contributed by atoms with E-state index in [0.717, 1.165) is 33.6 Å². The third kappa shape index (κ3) is 4.54. The van der Waals surface area contributed by atoms with E-state index in [0.29, 0.717) is 28.8 Å². The predicted molar refractivity (Wildman–Crippen MR) is 141 cm³/mol. The van der Waals surface area contributed by atoms with Gasteiger partial charge >= 0.3 is 12.1 Å². The summed E-state index contributed by atoms with van der Waals surface area (Å²) in [5.41, 5.74) is 4.40. The highest BCUT2D eigenvalue weighted by atomic mass is 32.1. The molecule has 1 fully saturated rings. The first kappa shape index (κ1) is 24.2. The van der Waals surface area contributed by atoms with Gasteiger partial charge in [0.1, 0.15) is 6.10 Å². The molecule has 1 atom stereocenters. The number of anilines is 1. The number of hydrogen-bond acceptors (Lipinski definition) is 5. The highest BCUT2D eigenvalue weighted by molar-refractivity contribution is 7.14. The van der Waals surface area contributed by atoms with Gasteiger partial charge in [-0.15, -0.1) is 11.3 Å². The summed E-state index contributed by atoms with van der Waals surface area (Å²) in [6, 6.07) is 16.4. The van der Waals surface area contributed by atoms with E-state index in [-0.39, 0.29) is 5.69 Å². The Labute approximate surface area is 216 Å². The van der Waals surface area contributed by atoms with E-state index in [4.69, 9.17) is 4.74 Å². The van der Waals surface area contributed by atoms with Crippen LogP contribution in [0, 0.1) is 12.1 Å². The van der Waals surface area contributed by atoms with Crippen molar-refractivity contribution < 1.29 is 23.8 Å². The van der Waals surface area contributed by atoms with Gasteiger partial charge in [0.25, 0.3) is 0 Å². The van der Waals surface area contributed by atoms with Crippen LogP contribution in [0.1, 0.15) is 42.6 Å². The van der Waals surface area contributed by atoms with Crippen molar-refractivity contribution >= 4 is 40.4 Å². The Morgan fingerprint density at radius 2 is 1.83 bits per heavy atom. The molecule has 8 heteroatoms. The summed E-state index contributed by atoms with van der Waals surface area (Å²) < 4.78 is 20.2. The topological polar surface area (TPSA) is 75.6 Å². The van der Waals surface area contributed by atoms with Crippen molar-refractivity contribution in [2.75, 3.05) is 5.32 Å². The standard InChI is InChI=1S/C28H24FNO4S2/c1-16-14-35-15-22(16)17(2)34-27(33)30-23-13-24(29)36-25(23)21-12-19(28(10-11-28)26(31)32)8-9-20(21)18-6-4-3-5-7-18/h3-9,12-15,17H,10-11H2,1-2H3,(H,30,33)(H,31,32). The minimum absolute atomic E-state index is 0.284. The molecule has 4 aromatic rings. The van der Waals surface area contributed by atoms with Gasteiger partial charge in [-0.25, -0.2) is 4.79 Å². The van der Waals surface area contributed by atoms with Gasteiger partial charge < -0.3 is 9.84 Å². The lowest BCUT2D eigenvalue weighted by molar-refractivity contribution is -0.140. The lowest BCUT2D eigenvalue weighted by atomic mass is 9.89. The number of nitrogens with one attached hydrogen (secondary N) is 1. The molecule has 2 aromatic carbocycles. The zero-order valence-corrected chi connectivity index (χ0v) is 21.3. The molecule has 1 unspecified atom stereocenters. The van der Waals surface area contributed by atoms with Gasteiger partial charge in [-0.2, -0.15) is 15.7 Å². The van der Waals surface area contributed by atoms with Gasteiger partial charge in [0.2, 0.25) is 0 Å². The molecule has 2 N–H and O–H groups in total. The minimum atomic E-state index is -0.917. The Morgan fingerprint density at radius 1 is 1.08 bits per heavy atom. The van der Waals surface area contributed by atoms with Crippen molar-refractivity contribution in [2.24, 2.45) is 0 Å². The van der Waals surface area contributed by atoms with Crippen molar-refractivity contribution in [1.82, 2.24) is 0 Å². The molecule has 0 spiro atoms. The van der Waals surface area contributed by atoms with Crippen LogP contribution in [0.3, 0.4) is 0 Å². The number of carbonyl (C=O) groups excluding carboxylic acids is 1. The number of carboxylic acid groups (broad SMARTS) is 1. The molecule has 5 nitrogen and oxygen atoms in total. The van der Waals surface area contributed by atoms with E-state index in [1.165, 1.54) is 17.4 Å². The summed E-state index contributed by atoms with van der Waals surface area (Å²) in [4.78, 5) is 25.3. The van der Waals surface area contributed by atoms with E-state index < -0.39 is 28.7 Å². The summed E-state index contributed by atoms with van der Waals surface area (Å²) in [7, 11) is 0. The predicted octanol–water partition coefficient (Wildman–Crippen LogP) is 8.02. The average molecular weight is 522 g/mol. The summed E-state index contributed by atoms with van der Waals surface area (Å²) in [5, 5.41) is 16.0. The zero-order valence-electron chi connectivity index (χ0n) is 19.7. The molecule has 1 amide bonds. The maximum atomic E-state index is 14.6. The molecule has 2 heterocycles. The van der Waals surface area contributed by atoms with Crippen LogP contribution in [-0.2, 0) is 14.9 Å². The van der Waals surface area contributed by atoms with Gasteiger partial charge in [0, 0.05) is 17.2 Å². The number of carboxylic acids is 1. The van der Waals surface area contributed by atoms with E-state index in [1.54, 1.807) is 6.92 Å². The number of ether oxygens (including phenoxy) is 1. The van der Waals surface area contributed by atoms with Gasteiger partial charge in [-0.3, -0.25) is 10.1 Å². The van der Waals surface area contributed by atoms with Crippen LogP contribution in [0.25, 0.3) is 21.6 Å². The first-order chi connectivity index (χ1) is 17.3. The van der Waals surface area contributed by atoms with Crippen LogP contribution >= 0.6 is 22.7 Å². The average Bonchev–Trinajstić information content (AvgIpc) is 3.45. The van der Waals surface area contributed by atoms with Crippen LogP contribution in [0.4, 0.5) is 14.9 Å².